The number of hydrogen-bond acceptors (Lipinski definition) is 3. The maximum absolute atomic E-state index is 6.23. The third-order valence-corrected chi connectivity index (χ3v) is 11.4. The molecule has 46 heavy (non-hydrogen) atoms. The minimum absolute atomic E-state index is 0.752. The van der Waals surface area contributed by atoms with E-state index in [9.17, 15) is 0 Å². The van der Waals surface area contributed by atoms with Gasteiger partial charge in [0.05, 0.1) is 10.4 Å². The monoisotopic (exact) mass is 643 g/mol. The van der Waals surface area contributed by atoms with Gasteiger partial charge in [0.1, 0.15) is 0 Å². The lowest BCUT2D eigenvalue weighted by atomic mass is 10.0. The van der Waals surface area contributed by atoms with Crippen LogP contribution in [0.4, 0.5) is 17.1 Å². The van der Waals surface area contributed by atoms with E-state index >= 15 is 0 Å². The molecule has 0 fully saturated rings. The number of rotatable bonds is 5. The summed E-state index contributed by atoms with van der Waals surface area (Å²) in [5.74, 6) is 0. The maximum atomic E-state index is 6.23. The number of thiophene rings is 2. The normalized spacial score (nSPS) is 11.6. The molecular formula is C42H26ClNS2. The highest BCUT2D eigenvalue weighted by atomic mass is 35.5. The second-order valence-electron chi connectivity index (χ2n) is 11.5. The second kappa shape index (κ2) is 11.1. The van der Waals surface area contributed by atoms with Crippen LogP contribution in [-0.2, 0) is 0 Å². The number of benzene rings is 7. The zero-order valence-electron chi connectivity index (χ0n) is 24.7. The predicted molar refractivity (Wildman–Crippen MR) is 203 cm³/mol. The summed E-state index contributed by atoms with van der Waals surface area (Å²) in [6.45, 7) is 0. The first-order valence-corrected chi connectivity index (χ1v) is 17.3. The van der Waals surface area contributed by atoms with Gasteiger partial charge in [0.25, 0.3) is 0 Å². The third-order valence-electron chi connectivity index (χ3n) is 8.75. The van der Waals surface area contributed by atoms with Crippen LogP contribution >= 0.6 is 34.3 Å². The van der Waals surface area contributed by atoms with E-state index in [1.54, 1.807) is 0 Å². The molecule has 0 radical (unpaired) electrons. The Hall–Kier alpha value is -4.93. The number of fused-ring (bicyclic) bond motifs is 6. The highest BCUT2D eigenvalue weighted by molar-refractivity contribution is 7.26. The Morgan fingerprint density at radius 3 is 1.85 bits per heavy atom. The quantitative estimate of drug-likeness (QED) is 0.180. The van der Waals surface area contributed by atoms with Crippen molar-refractivity contribution in [3.63, 3.8) is 0 Å². The molecule has 2 aromatic heterocycles. The van der Waals surface area contributed by atoms with E-state index in [2.05, 4.69) is 150 Å². The van der Waals surface area contributed by atoms with E-state index in [4.69, 9.17) is 11.6 Å². The van der Waals surface area contributed by atoms with Gasteiger partial charge in [-0.3, -0.25) is 0 Å². The lowest BCUT2D eigenvalue weighted by Gasteiger charge is -2.26. The van der Waals surface area contributed by atoms with Crippen molar-refractivity contribution in [3.8, 4) is 22.3 Å². The SMILES string of the molecule is Clc1ccc(-c2cccc3c2sc2ccc(N(c4ccc(-c5ccccc5)cc4)c4cccc5c4sc4ccccc45)cc23)cc1. The smallest absolute Gasteiger partial charge is 0.0640 e. The Morgan fingerprint density at radius 1 is 0.413 bits per heavy atom. The zero-order chi connectivity index (χ0) is 30.6. The van der Waals surface area contributed by atoms with Gasteiger partial charge in [0.2, 0.25) is 0 Å². The van der Waals surface area contributed by atoms with Crippen LogP contribution in [0.15, 0.2) is 158 Å². The molecule has 9 aromatic rings. The van der Waals surface area contributed by atoms with Gasteiger partial charge in [-0.05, 0) is 76.9 Å². The number of halogens is 1. The molecule has 0 saturated carbocycles. The van der Waals surface area contributed by atoms with Crippen LogP contribution in [-0.4, -0.2) is 0 Å². The van der Waals surface area contributed by atoms with Crippen LogP contribution in [0.1, 0.15) is 0 Å². The average Bonchev–Trinajstić information content (AvgIpc) is 3.68. The Bertz CT molecular complexity index is 2530. The highest BCUT2D eigenvalue weighted by Gasteiger charge is 2.20. The van der Waals surface area contributed by atoms with Crippen molar-refractivity contribution in [3.05, 3.63) is 163 Å². The van der Waals surface area contributed by atoms with Crippen molar-refractivity contribution < 1.29 is 0 Å². The van der Waals surface area contributed by atoms with Crippen molar-refractivity contribution >= 4 is 91.7 Å². The molecule has 0 amide bonds. The van der Waals surface area contributed by atoms with Crippen LogP contribution in [0.3, 0.4) is 0 Å². The summed E-state index contributed by atoms with van der Waals surface area (Å²) in [5, 5.41) is 5.88. The van der Waals surface area contributed by atoms with E-state index in [0.717, 1.165) is 16.4 Å². The minimum Gasteiger partial charge on any atom is -0.309 e. The van der Waals surface area contributed by atoms with Crippen LogP contribution in [0.25, 0.3) is 62.6 Å². The molecule has 7 aromatic carbocycles. The molecule has 0 spiro atoms. The topological polar surface area (TPSA) is 3.24 Å². The number of anilines is 3. The van der Waals surface area contributed by atoms with Crippen molar-refractivity contribution in [2.45, 2.75) is 0 Å². The van der Waals surface area contributed by atoms with Gasteiger partial charge < -0.3 is 4.90 Å². The van der Waals surface area contributed by atoms with Gasteiger partial charge in [-0.1, -0.05) is 115 Å². The van der Waals surface area contributed by atoms with Crippen molar-refractivity contribution in [2.75, 3.05) is 4.90 Å². The van der Waals surface area contributed by atoms with E-state index < -0.39 is 0 Å². The molecule has 0 saturated heterocycles. The summed E-state index contributed by atoms with van der Waals surface area (Å²) < 4.78 is 5.16. The molecule has 9 rings (SSSR count). The first kappa shape index (κ1) is 27.4. The Kier molecular flexibility index (Phi) is 6.64. The first-order chi connectivity index (χ1) is 22.7. The van der Waals surface area contributed by atoms with E-state index in [0.29, 0.717) is 0 Å². The lowest BCUT2D eigenvalue weighted by molar-refractivity contribution is 1.31. The largest absolute Gasteiger partial charge is 0.309 e. The van der Waals surface area contributed by atoms with Gasteiger partial charge in [-0.2, -0.15) is 0 Å². The second-order valence-corrected chi connectivity index (χ2v) is 14.0. The highest BCUT2D eigenvalue weighted by Crippen LogP contribution is 2.47. The molecule has 0 N–H and O–H groups in total. The summed E-state index contributed by atoms with van der Waals surface area (Å²) in [6, 6.07) is 56.7. The molecule has 0 unspecified atom stereocenters. The van der Waals surface area contributed by atoms with Crippen LogP contribution < -0.4 is 4.90 Å². The summed E-state index contributed by atoms with van der Waals surface area (Å²) in [4.78, 5) is 2.43. The van der Waals surface area contributed by atoms with Crippen LogP contribution in [0.5, 0.6) is 0 Å². The average molecular weight is 644 g/mol. The molecule has 0 aliphatic carbocycles. The maximum Gasteiger partial charge on any atom is 0.0640 e. The Balaban J connectivity index is 1.25. The third kappa shape index (κ3) is 4.59. The molecule has 1 nitrogen and oxygen atoms in total. The van der Waals surface area contributed by atoms with Crippen LogP contribution in [0, 0.1) is 0 Å². The summed E-state index contributed by atoms with van der Waals surface area (Å²) in [7, 11) is 0. The number of hydrogen-bond donors (Lipinski definition) is 0. The van der Waals surface area contributed by atoms with E-state index in [1.807, 2.05) is 34.8 Å². The fraction of sp³-hybridized carbons (Fsp3) is 0. The molecule has 0 aliphatic rings. The van der Waals surface area contributed by atoms with Crippen molar-refractivity contribution in [2.24, 2.45) is 0 Å². The molecule has 0 atom stereocenters. The first-order valence-electron chi connectivity index (χ1n) is 15.3. The number of nitrogens with zero attached hydrogens (tertiary/aromatic N) is 1. The standard InChI is InChI=1S/C42H26ClNS2/c43-30-20-16-29(17-21-30)33-11-6-12-36-37-26-32(24-25-40(37)45-41(33)36)44(31-22-18-28(19-23-31)27-8-2-1-3-9-27)38-14-7-13-35-34-10-4-5-15-39(34)46-42(35)38/h1-26H. The summed E-state index contributed by atoms with van der Waals surface area (Å²) in [6.07, 6.45) is 0. The zero-order valence-corrected chi connectivity index (χ0v) is 27.0. The Labute approximate surface area is 280 Å². The lowest BCUT2D eigenvalue weighted by Crippen LogP contribution is -2.10. The van der Waals surface area contributed by atoms with Gasteiger partial charge in [0.15, 0.2) is 0 Å². The molecule has 0 aliphatic heterocycles. The van der Waals surface area contributed by atoms with E-state index in [1.165, 1.54) is 68.3 Å². The summed E-state index contributed by atoms with van der Waals surface area (Å²) in [5.41, 5.74) is 8.30. The predicted octanol–water partition coefficient (Wildman–Crippen LogP) is 13.9. The van der Waals surface area contributed by atoms with Gasteiger partial charge in [-0.25, -0.2) is 0 Å². The summed E-state index contributed by atoms with van der Waals surface area (Å²) >= 11 is 9.95. The molecule has 218 valence electrons. The van der Waals surface area contributed by atoms with Crippen molar-refractivity contribution in [1.82, 2.24) is 0 Å². The van der Waals surface area contributed by atoms with E-state index in [-0.39, 0.29) is 0 Å². The molecular weight excluding hydrogens is 618 g/mol. The minimum atomic E-state index is 0.752. The van der Waals surface area contributed by atoms with Gasteiger partial charge in [-0.15, -0.1) is 22.7 Å². The van der Waals surface area contributed by atoms with Crippen LogP contribution in [0.2, 0.25) is 5.02 Å². The Morgan fingerprint density at radius 2 is 1.02 bits per heavy atom. The molecule has 2 heterocycles. The van der Waals surface area contributed by atoms with Gasteiger partial charge >= 0.3 is 0 Å². The fourth-order valence-electron chi connectivity index (χ4n) is 6.55. The molecule has 0 bridgehead atoms. The van der Waals surface area contributed by atoms with Gasteiger partial charge in [0, 0.05) is 52.0 Å². The molecule has 4 heteroatoms. The fourth-order valence-corrected chi connectivity index (χ4v) is 9.10. The van der Waals surface area contributed by atoms with Crippen molar-refractivity contribution in [1.29, 1.82) is 0 Å².